The molecule has 25 valence electrons. The van der Waals surface area contributed by atoms with Gasteiger partial charge in [0.25, 0.3) is 0 Å². The van der Waals surface area contributed by atoms with E-state index in [0.717, 1.165) is 0 Å². The Labute approximate surface area is 26.3 Å². The molecule has 0 bridgehead atoms. The van der Waals surface area contributed by atoms with Crippen LogP contribution < -0.4 is 0 Å². The van der Waals surface area contributed by atoms with Crippen LogP contribution in [0.2, 0.25) is 0 Å². The summed E-state index contributed by atoms with van der Waals surface area (Å²) in [6.07, 6.45) is 1.75. The standard InChI is InChI=1S/C3H6.HO/c1-3-2;/h3H,1H2,2H3;1H. The summed E-state index contributed by atoms with van der Waals surface area (Å²) in [7, 11) is 0. The van der Waals surface area contributed by atoms with Gasteiger partial charge in [0.1, 0.15) is 0 Å². The van der Waals surface area contributed by atoms with E-state index in [1.165, 1.54) is 0 Å². The molecule has 1 radical (unpaired) electrons. The molecule has 1 N–H and O–H groups in total. The summed E-state index contributed by atoms with van der Waals surface area (Å²) in [6, 6.07) is 0. The molecule has 0 heterocycles. The second-order valence-electron chi connectivity index (χ2n) is 0.408. The Kier molecular flexibility index (Phi) is 37.2. The Balaban J connectivity index is 0. The molecule has 0 spiro atoms. The molecule has 0 aliphatic heterocycles. The van der Waals surface area contributed by atoms with Gasteiger partial charge in [-0.15, -0.1) is 6.58 Å². The Hall–Kier alpha value is -0.300. The third-order valence-corrected chi connectivity index (χ3v) is 0. The van der Waals surface area contributed by atoms with Gasteiger partial charge in [-0.2, -0.15) is 0 Å². The Morgan fingerprint density at radius 3 is 1.75 bits per heavy atom. The summed E-state index contributed by atoms with van der Waals surface area (Å²) in [5, 5.41) is 0. The van der Waals surface area contributed by atoms with E-state index in [-0.39, 0.29) is 5.48 Å². The number of rotatable bonds is 0. The first-order valence-electron chi connectivity index (χ1n) is 0.986. The van der Waals surface area contributed by atoms with Crippen molar-refractivity contribution in [1.82, 2.24) is 0 Å². The van der Waals surface area contributed by atoms with Crippen molar-refractivity contribution in [2.45, 2.75) is 6.92 Å². The first-order valence-corrected chi connectivity index (χ1v) is 0.986. The van der Waals surface area contributed by atoms with E-state index in [4.69, 9.17) is 0 Å². The van der Waals surface area contributed by atoms with Crippen molar-refractivity contribution in [2.24, 2.45) is 0 Å². The fourth-order valence-electron chi connectivity index (χ4n) is 0. The van der Waals surface area contributed by atoms with Crippen LogP contribution in [-0.2, 0) is 0 Å². The first-order chi connectivity index (χ1) is 1.41. The average molecular weight is 59.1 g/mol. The van der Waals surface area contributed by atoms with Gasteiger partial charge in [-0.05, 0) is 6.92 Å². The van der Waals surface area contributed by atoms with Gasteiger partial charge >= 0.3 is 0 Å². The summed E-state index contributed by atoms with van der Waals surface area (Å²) in [6.45, 7) is 5.25. The molecule has 1 heteroatoms. The van der Waals surface area contributed by atoms with Gasteiger partial charge in [0.05, 0.1) is 0 Å². The summed E-state index contributed by atoms with van der Waals surface area (Å²) < 4.78 is 0. The zero-order valence-electron chi connectivity index (χ0n) is 2.73. The van der Waals surface area contributed by atoms with Gasteiger partial charge in [-0.3, -0.25) is 5.48 Å². The van der Waals surface area contributed by atoms with Crippen LogP contribution in [-0.4, -0.2) is 5.48 Å². The van der Waals surface area contributed by atoms with E-state index in [1.807, 2.05) is 6.92 Å². The molecule has 0 atom stereocenters. The van der Waals surface area contributed by atoms with Crippen LogP contribution in [0.25, 0.3) is 0 Å². The molecule has 0 aromatic carbocycles. The molecule has 0 saturated heterocycles. The molecule has 4 heavy (non-hydrogen) atoms. The lowest BCUT2D eigenvalue weighted by Gasteiger charge is -1.31. The molecule has 0 aliphatic carbocycles. The maximum Gasteiger partial charge on any atom is -0.0473 e. The van der Waals surface area contributed by atoms with E-state index in [2.05, 4.69) is 6.58 Å². The minimum absolute atomic E-state index is 0. The van der Waals surface area contributed by atoms with Crippen LogP contribution in [0.5, 0.6) is 0 Å². The van der Waals surface area contributed by atoms with Gasteiger partial charge < -0.3 is 0 Å². The monoisotopic (exact) mass is 59.0 g/mol. The highest BCUT2D eigenvalue weighted by atomic mass is 16.0. The van der Waals surface area contributed by atoms with E-state index < -0.39 is 0 Å². The van der Waals surface area contributed by atoms with Crippen LogP contribution in [0.1, 0.15) is 6.92 Å². The minimum Gasteiger partial charge on any atom is -0.255 e. The zero-order valence-corrected chi connectivity index (χ0v) is 2.73. The highest BCUT2D eigenvalue weighted by molar-refractivity contribution is 4.51. The number of hydrogen-bond acceptors (Lipinski definition) is 0. The molecule has 1 nitrogen and oxygen atoms in total. The van der Waals surface area contributed by atoms with Crippen LogP contribution in [0.4, 0.5) is 0 Å². The van der Waals surface area contributed by atoms with Crippen molar-refractivity contribution < 1.29 is 5.48 Å². The summed E-state index contributed by atoms with van der Waals surface area (Å²) in [5.74, 6) is 0. The third-order valence-electron chi connectivity index (χ3n) is 0. The topological polar surface area (TPSA) is 30.0 Å². The van der Waals surface area contributed by atoms with E-state index in [1.54, 1.807) is 6.08 Å². The summed E-state index contributed by atoms with van der Waals surface area (Å²) in [5.41, 5.74) is 0. The average Bonchev–Trinajstić information content (AvgIpc) is 0.918. The largest absolute Gasteiger partial charge is 0.255 e. The second kappa shape index (κ2) is 15.9. The predicted octanol–water partition coefficient (Wildman–Crippen LogP) is 1.02. The van der Waals surface area contributed by atoms with Crippen LogP contribution in [0.3, 0.4) is 0 Å². The highest BCUT2D eigenvalue weighted by Crippen LogP contribution is 1.38. The maximum absolute atomic E-state index is 3.36. The first kappa shape index (κ1) is 9.33. The fraction of sp³-hybridized carbons (Fsp3) is 0.333. The van der Waals surface area contributed by atoms with Crippen LogP contribution in [0.15, 0.2) is 12.7 Å². The van der Waals surface area contributed by atoms with Crippen molar-refractivity contribution in [1.29, 1.82) is 0 Å². The quantitative estimate of drug-likeness (QED) is 0.404. The van der Waals surface area contributed by atoms with E-state index in [9.17, 15) is 0 Å². The van der Waals surface area contributed by atoms with Crippen molar-refractivity contribution in [3.8, 4) is 0 Å². The molecule has 0 aromatic rings. The zero-order chi connectivity index (χ0) is 2.71. The molecule has 0 amide bonds. The van der Waals surface area contributed by atoms with Gasteiger partial charge in [0.15, 0.2) is 0 Å². The van der Waals surface area contributed by atoms with Crippen LogP contribution in [0, 0.1) is 0 Å². The Morgan fingerprint density at radius 2 is 1.75 bits per heavy atom. The Bertz CT molecular complexity index is 10.8. The predicted molar refractivity (Wildman–Crippen MR) is 17.8 cm³/mol. The Morgan fingerprint density at radius 1 is 1.75 bits per heavy atom. The maximum atomic E-state index is 3.36. The van der Waals surface area contributed by atoms with Crippen molar-refractivity contribution in [3.63, 3.8) is 0 Å². The lowest BCUT2D eigenvalue weighted by molar-refractivity contribution is 0.824. The summed E-state index contributed by atoms with van der Waals surface area (Å²) in [4.78, 5) is 0. The van der Waals surface area contributed by atoms with Gasteiger partial charge in [0, 0.05) is 0 Å². The molecule has 0 aromatic heterocycles. The van der Waals surface area contributed by atoms with Crippen molar-refractivity contribution >= 4 is 0 Å². The third kappa shape index (κ3) is 9.26. The molecule has 0 unspecified atom stereocenters. The minimum atomic E-state index is 0. The summed E-state index contributed by atoms with van der Waals surface area (Å²) >= 11 is 0. The molecule has 0 fully saturated rings. The van der Waals surface area contributed by atoms with Crippen molar-refractivity contribution in [3.05, 3.63) is 12.7 Å². The molecule has 0 rings (SSSR count). The molecule has 0 saturated carbocycles. The highest BCUT2D eigenvalue weighted by Gasteiger charge is 1.15. The van der Waals surface area contributed by atoms with E-state index >= 15 is 0 Å². The van der Waals surface area contributed by atoms with Gasteiger partial charge in [-0.25, -0.2) is 0 Å². The smallest absolute Gasteiger partial charge is 0.0473 e. The molecule has 0 aliphatic rings. The van der Waals surface area contributed by atoms with Crippen LogP contribution >= 0.6 is 0 Å². The van der Waals surface area contributed by atoms with Gasteiger partial charge in [0.2, 0.25) is 0 Å². The molecular weight excluding hydrogens is 52.0 g/mol. The number of allylic oxidation sites excluding steroid dienone is 1. The lowest BCUT2D eigenvalue weighted by atomic mass is 10.8. The molecular formula is C3H7O. The lowest BCUT2D eigenvalue weighted by Crippen LogP contribution is -1.07. The van der Waals surface area contributed by atoms with Crippen molar-refractivity contribution in [2.75, 3.05) is 0 Å². The second-order valence-corrected chi connectivity index (χ2v) is 0.408. The fourth-order valence-corrected chi connectivity index (χ4v) is 0. The van der Waals surface area contributed by atoms with E-state index in [0.29, 0.717) is 0 Å². The number of hydrogen-bond donors (Lipinski definition) is 1. The van der Waals surface area contributed by atoms with Gasteiger partial charge in [-0.1, -0.05) is 6.08 Å². The SMILES string of the molecule is C=CC.[OH]. The normalized spacial score (nSPS) is 3.25.